The predicted molar refractivity (Wildman–Crippen MR) is 89.0 cm³/mol. The smallest absolute Gasteiger partial charge is 0.155 e. The van der Waals surface area contributed by atoms with Gasteiger partial charge >= 0.3 is 0 Å². The molecule has 0 aliphatic heterocycles. The minimum absolute atomic E-state index is 0.298. The summed E-state index contributed by atoms with van der Waals surface area (Å²) in [7, 11) is 0. The van der Waals surface area contributed by atoms with E-state index in [-0.39, 0.29) is 0 Å². The van der Waals surface area contributed by atoms with Crippen LogP contribution in [0.2, 0.25) is 0 Å². The molecule has 3 saturated carbocycles. The van der Waals surface area contributed by atoms with E-state index in [1.54, 1.807) is 0 Å². The number of terminal acetylenes is 1. The number of fused-ring (bicyclic) bond motifs is 5. The molecule has 0 aromatic carbocycles. The Labute approximate surface area is 134 Å². The van der Waals surface area contributed by atoms with Crippen LogP contribution in [0, 0.1) is 46.8 Å². The van der Waals surface area contributed by atoms with Crippen molar-refractivity contribution in [2.24, 2.45) is 34.5 Å². The third kappa shape index (κ3) is 1.76. The fourth-order valence-electron chi connectivity index (χ4n) is 6.83. The van der Waals surface area contributed by atoms with Crippen LogP contribution < -0.4 is 0 Å². The van der Waals surface area contributed by atoms with Crippen LogP contribution in [-0.2, 0) is 4.79 Å². The van der Waals surface area contributed by atoms with E-state index in [2.05, 4.69) is 19.8 Å². The van der Waals surface area contributed by atoms with E-state index in [4.69, 9.17) is 6.42 Å². The zero-order valence-electron chi connectivity index (χ0n) is 14.0. The lowest BCUT2D eigenvalue weighted by Gasteiger charge is -2.57. The molecule has 6 atom stereocenters. The largest absolute Gasteiger partial charge is 0.295 e. The molecule has 0 saturated heterocycles. The molecule has 118 valence electrons. The van der Waals surface area contributed by atoms with Crippen LogP contribution in [0.5, 0.6) is 0 Å². The molecule has 0 spiro atoms. The van der Waals surface area contributed by atoms with Gasteiger partial charge in [-0.3, -0.25) is 4.79 Å². The van der Waals surface area contributed by atoms with Crippen LogP contribution in [0.1, 0.15) is 65.2 Å². The van der Waals surface area contributed by atoms with Gasteiger partial charge in [-0.2, -0.15) is 0 Å². The maximum absolute atomic E-state index is 11.8. The maximum atomic E-state index is 11.8. The van der Waals surface area contributed by atoms with Crippen molar-refractivity contribution in [3.8, 4) is 12.3 Å². The topological polar surface area (TPSA) is 17.1 Å². The third-order valence-corrected chi connectivity index (χ3v) is 8.16. The monoisotopic (exact) mass is 296 g/mol. The molecule has 0 aromatic rings. The molecule has 0 bridgehead atoms. The highest BCUT2D eigenvalue weighted by Crippen LogP contribution is 2.66. The minimum Gasteiger partial charge on any atom is -0.295 e. The average molecular weight is 296 g/mol. The van der Waals surface area contributed by atoms with Crippen molar-refractivity contribution < 1.29 is 4.79 Å². The lowest BCUT2D eigenvalue weighted by molar-refractivity contribution is -0.117. The molecule has 4 aliphatic carbocycles. The molecule has 0 amide bonds. The second-order valence-electron chi connectivity index (χ2n) is 8.81. The van der Waals surface area contributed by atoms with Gasteiger partial charge in [0.2, 0.25) is 0 Å². The molecule has 4 aliphatic rings. The third-order valence-electron chi connectivity index (χ3n) is 8.16. The molecule has 22 heavy (non-hydrogen) atoms. The van der Waals surface area contributed by atoms with Gasteiger partial charge in [-0.25, -0.2) is 0 Å². The Morgan fingerprint density at radius 2 is 1.91 bits per heavy atom. The summed E-state index contributed by atoms with van der Waals surface area (Å²) in [5, 5.41) is 0. The maximum Gasteiger partial charge on any atom is 0.155 e. The molecular weight excluding hydrogens is 268 g/mol. The number of hydrogen-bond acceptors (Lipinski definition) is 1. The van der Waals surface area contributed by atoms with Crippen molar-refractivity contribution in [1.82, 2.24) is 0 Å². The summed E-state index contributed by atoms with van der Waals surface area (Å²) in [6.45, 7) is 4.93. The lowest BCUT2D eigenvalue weighted by atomic mass is 9.47. The summed E-state index contributed by atoms with van der Waals surface area (Å²) in [6, 6.07) is 0. The summed E-state index contributed by atoms with van der Waals surface area (Å²) in [6.07, 6.45) is 17.3. The molecular formula is C21H28O. The zero-order chi connectivity index (χ0) is 15.5. The molecule has 0 aromatic heterocycles. The number of carbonyl (C=O) groups excluding carboxylic acids is 1. The SMILES string of the molecule is C#C[C@@H]1CCC2C3CCC4=CC(=O)CC[C@]4(C)C3CC[C@@]21C. The summed E-state index contributed by atoms with van der Waals surface area (Å²) < 4.78 is 0. The van der Waals surface area contributed by atoms with Gasteiger partial charge in [-0.1, -0.05) is 19.4 Å². The van der Waals surface area contributed by atoms with E-state index in [0.29, 0.717) is 22.5 Å². The number of carbonyl (C=O) groups is 1. The van der Waals surface area contributed by atoms with Crippen molar-refractivity contribution >= 4 is 5.78 Å². The van der Waals surface area contributed by atoms with Gasteiger partial charge in [0.1, 0.15) is 0 Å². The van der Waals surface area contributed by atoms with E-state index < -0.39 is 0 Å². The van der Waals surface area contributed by atoms with Crippen LogP contribution in [0.15, 0.2) is 11.6 Å². The first kappa shape index (κ1) is 14.6. The van der Waals surface area contributed by atoms with Crippen molar-refractivity contribution in [3.05, 3.63) is 11.6 Å². The summed E-state index contributed by atoms with van der Waals surface area (Å²) in [5.41, 5.74) is 2.16. The molecule has 0 heterocycles. The summed E-state index contributed by atoms with van der Waals surface area (Å²) in [4.78, 5) is 11.8. The molecule has 3 fully saturated rings. The first-order valence-corrected chi connectivity index (χ1v) is 9.19. The fourth-order valence-corrected chi connectivity index (χ4v) is 6.83. The summed E-state index contributed by atoms with van der Waals surface area (Å²) in [5.74, 6) is 6.42. The van der Waals surface area contributed by atoms with Crippen LogP contribution in [0.4, 0.5) is 0 Å². The van der Waals surface area contributed by atoms with E-state index in [1.807, 2.05) is 6.08 Å². The van der Waals surface area contributed by atoms with Gasteiger partial charge in [0.15, 0.2) is 5.78 Å². The summed E-state index contributed by atoms with van der Waals surface area (Å²) >= 11 is 0. The van der Waals surface area contributed by atoms with Crippen LogP contribution in [0.25, 0.3) is 0 Å². The van der Waals surface area contributed by atoms with E-state index >= 15 is 0 Å². The van der Waals surface area contributed by atoms with Gasteiger partial charge in [0, 0.05) is 12.3 Å². The van der Waals surface area contributed by atoms with Crippen LogP contribution in [0.3, 0.4) is 0 Å². The normalized spacial score (nSPS) is 50.4. The highest BCUT2D eigenvalue weighted by atomic mass is 16.1. The highest BCUT2D eigenvalue weighted by Gasteiger charge is 2.58. The Morgan fingerprint density at radius 1 is 1.09 bits per heavy atom. The molecule has 0 N–H and O–H groups in total. The Bertz CT molecular complexity index is 579. The number of hydrogen-bond donors (Lipinski definition) is 0. The Balaban J connectivity index is 1.68. The molecule has 0 radical (unpaired) electrons. The van der Waals surface area contributed by atoms with Crippen LogP contribution in [-0.4, -0.2) is 5.78 Å². The zero-order valence-corrected chi connectivity index (χ0v) is 14.0. The second kappa shape index (κ2) is 4.73. The average Bonchev–Trinajstić information content (AvgIpc) is 2.84. The Kier molecular flexibility index (Phi) is 3.13. The standard InChI is InChI=1S/C21H28O/c1-4-14-6-8-18-17-7-5-15-13-16(22)9-11-21(15,3)19(17)10-12-20(14,18)2/h1,13-14,17-19H,5-12H2,2-3H3/t14-,17?,18?,19?,20-,21+/m1/s1. The van der Waals surface area contributed by atoms with Gasteiger partial charge in [-0.15, -0.1) is 12.3 Å². The second-order valence-corrected chi connectivity index (χ2v) is 8.81. The Hall–Kier alpha value is -1.03. The number of rotatable bonds is 0. The van der Waals surface area contributed by atoms with Gasteiger partial charge in [0.05, 0.1) is 0 Å². The highest BCUT2D eigenvalue weighted by molar-refractivity contribution is 5.91. The predicted octanol–water partition coefficient (Wildman–Crippen LogP) is 4.77. The van der Waals surface area contributed by atoms with Crippen molar-refractivity contribution in [2.75, 3.05) is 0 Å². The lowest BCUT2D eigenvalue weighted by Crippen LogP contribution is -2.50. The quantitative estimate of drug-likeness (QED) is 0.589. The molecule has 1 heteroatoms. The minimum atomic E-state index is 0.298. The van der Waals surface area contributed by atoms with E-state index in [0.717, 1.165) is 37.0 Å². The molecule has 3 unspecified atom stereocenters. The van der Waals surface area contributed by atoms with Crippen molar-refractivity contribution in [3.63, 3.8) is 0 Å². The van der Waals surface area contributed by atoms with E-state index in [1.165, 1.54) is 37.7 Å². The van der Waals surface area contributed by atoms with Gasteiger partial charge in [0.25, 0.3) is 0 Å². The number of ketones is 1. The fraction of sp³-hybridized carbons (Fsp3) is 0.762. The van der Waals surface area contributed by atoms with Crippen molar-refractivity contribution in [1.29, 1.82) is 0 Å². The Morgan fingerprint density at radius 3 is 2.68 bits per heavy atom. The first-order chi connectivity index (χ1) is 10.5. The van der Waals surface area contributed by atoms with Gasteiger partial charge in [-0.05, 0) is 79.6 Å². The van der Waals surface area contributed by atoms with Crippen LogP contribution >= 0.6 is 0 Å². The van der Waals surface area contributed by atoms with Gasteiger partial charge < -0.3 is 0 Å². The van der Waals surface area contributed by atoms with Crippen molar-refractivity contribution in [2.45, 2.75) is 65.2 Å². The number of allylic oxidation sites excluding steroid dienone is 1. The first-order valence-electron chi connectivity index (χ1n) is 9.19. The molecule has 1 nitrogen and oxygen atoms in total. The van der Waals surface area contributed by atoms with E-state index in [9.17, 15) is 4.79 Å². The molecule has 4 rings (SSSR count).